The number of thiazole rings is 1. The van der Waals surface area contributed by atoms with Crippen molar-refractivity contribution in [3.63, 3.8) is 0 Å². The van der Waals surface area contributed by atoms with E-state index in [2.05, 4.69) is 68.3 Å². The van der Waals surface area contributed by atoms with Crippen LogP contribution in [0, 0.1) is 0 Å². The molecule has 0 bridgehead atoms. The molecule has 1 saturated carbocycles. The number of carbonyl (C=O) groups is 1. The Morgan fingerprint density at radius 2 is 1.58 bits per heavy atom. The monoisotopic (exact) mass is 528 g/mol. The van der Waals surface area contributed by atoms with Gasteiger partial charge in [-0.3, -0.25) is 4.79 Å². The van der Waals surface area contributed by atoms with Crippen molar-refractivity contribution >= 4 is 17.2 Å². The zero-order valence-corrected chi connectivity index (χ0v) is 24.3. The van der Waals surface area contributed by atoms with Gasteiger partial charge in [0.15, 0.2) is 0 Å². The number of nitrogens with zero attached hydrogens (tertiary/aromatic N) is 2. The maximum atomic E-state index is 13.6. The lowest BCUT2D eigenvalue weighted by molar-refractivity contribution is -0.135. The summed E-state index contributed by atoms with van der Waals surface area (Å²) < 4.78 is 5.30. The number of likely N-dealkylation sites (tertiary alicyclic amines) is 1. The average Bonchev–Trinajstić information content (AvgIpc) is 3.60. The maximum absolute atomic E-state index is 13.6. The van der Waals surface area contributed by atoms with E-state index >= 15 is 0 Å². The predicted molar refractivity (Wildman–Crippen MR) is 155 cm³/mol. The first-order valence-corrected chi connectivity index (χ1v) is 15.1. The Morgan fingerprint density at radius 3 is 2.21 bits per heavy atom. The van der Waals surface area contributed by atoms with Gasteiger partial charge in [0.2, 0.25) is 5.91 Å². The molecule has 0 atom stereocenters. The van der Waals surface area contributed by atoms with E-state index in [9.17, 15) is 4.79 Å². The Bertz CT molecular complexity index is 1340. The Kier molecular flexibility index (Phi) is 6.21. The smallest absolute Gasteiger partial charge is 0.233 e. The normalized spacial score (nSPS) is 21.6. The number of hydrogen-bond donors (Lipinski definition) is 0. The molecular formula is C33H40N2O2S. The first-order chi connectivity index (χ1) is 18.1. The van der Waals surface area contributed by atoms with Gasteiger partial charge in [0, 0.05) is 30.0 Å². The van der Waals surface area contributed by atoms with E-state index in [-0.39, 0.29) is 16.2 Å². The Labute approximate surface area is 231 Å². The maximum Gasteiger partial charge on any atom is 0.233 e. The summed E-state index contributed by atoms with van der Waals surface area (Å²) in [6.45, 7) is 11.2. The van der Waals surface area contributed by atoms with E-state index in [1.54, 1.807) is 18.4 Å². The largest absolute Gasteiger partial charge is 0.497 e. The standard InChI is InChI=1S/C33H40N2O2S/c1-31(2)14-15-32(3,4)27-20-23(6-11-26(27)31)28-21-38-29(34-28)22-12-18-35(19-13-22)30(36)33(16-17-33)24-7-9-25(37-5)10-8-24/h6-11,20-22H,12-19H2,1-5H3. The summed E-state index contributed by atoms with van der Waals surface area (Å²) >= 11 is 1.79. The second-order valence-electron chi connectivity index (χ2n) is 13.0. The number of ether oxygens (including phenoxy) is 1. The van der Waals surface area contributed by atoms with Crippen molar-refractivity contribution in [3.05, 3.63) is 69.5 Å². The third kappa shape index (κ3) is 4.37. The van der Waals surface area contributed by atoms with Crippen LogP contribution >= 0.6 is 11.3 Å². The number of benzene rings is 2. The SMILES string of the molecule is COc1ccc(C2(C(=O)N3CCC(c4nc(-c5ccc6c(c5)C(C)(C)CCC6(C)C)cs4)CC3)CC2)cc1. The van der Waals surface area contributed by atoms with E-state index in [0.29, 0.717) is 11.8 Å². The topological polar surface area (TPSA) is 42.4 Å². The van der Waals surface area contributed by atoms with Crippen molar-refractivity contribution in [1.29, 1.82) is 0 Å². The fourth-order valence-electron chi connectivity index (χ4n) is 6.65. The number of fused-ring (bicyclic) bond motifs is 1. The van der Waals surface area contributed by atoms with Crippen LogP contribution < -0.4 is 4.74 Å². The lowest BCUT2D eigenvalue weighted by Crippen LogP contribution is -2.43. The number of carbonyl (C=O) groups excluding carboxylic acids is 1. The zero-order chi connectivity index (χ0) is 26.7. The fourth-order valence-corrected chi connectivity index (χ4v) is 7.65. The van der Waals surface area contributed by atoms with Crippen LogP contribution in [0.15, 0.2) is 47.8 Å². The third-order valence-electron chi connectivity index (χ3n) is 9.60. The fraction of sp³-hybridized carbons (Fsp3) is 0.515. The molecule has 2 heterocycles. The van der Waals surface area contributed by atoms with Crippen LogP contribution in [0.25, 0.3) is 11.3 Å². The van der Waals surface area contributed by atoms with Gasteiger partial charge >= 0.3 is 0 Å². The van der Waals surface area contributed by atoms with Crippen molar-refractivity contribution in [1.82, 2.24) is 9.88 Å². The summed E-state index contributed by atoms with van der Waals surface area (Å²) in [6, 6.07) is 15.1. The molecule has 0 spiro atoms. The molecular weight excluding hydrogens is 488 g/mol. The molecule has 6 rings (SSSR count). The molecule has 3 aromatic rings. The molecule has 1 amide bonds. The van der Waals surface area contributed by atoms with Gasteiger partial charge in [-0.1, -0.05) is 52.0 Å². The highest BCUT2D eigenvalue weighted by molar-refractivity contribution is 7.10. The van der Waals surface area contributed by atoms with Gasteiger partial charge in [0.1, 0.15) is 5.75 Å². The minimum atomic E-state index is -0.317. The van der Waals surface area contributed by atoms with Crippen LogP contribution in [-0.4, -0.2) is 36.0 Å². The molecule has 0 N–H and O–H groups in total. The minimum Gasteiger partial charge on any atom is -0.497 e. The van der Waals surface area contributed by atoms with E-state index in [0.717, 1.165) is 55.8 Å². The van der Waals surface area contributed by atoms with Crippen molar-refractivity contribution in [2.45, 2.75) is 88.4 Å². The summed E-state index contributed by atoms with van der Waals surface area (Å²) in [4.78, 5) is 20.8. The molecule has 38 heavy (non-hydrogen) atoms. The van der Waals surface area contributed by atoms with E-state index < -0.39 is 0 Å². The molecule has 0 radical (unpaired) electrons. The van der Waals surface area contributed by atoms with Crippen LogP contribution in [0.4, 0.5) is 0 Å². The lowest BCUT2D eigenvalue weighted by atomic mass is 9.63. The number of rotatable bonds is 5. The first-order valence-electron chi connectivity index (χ1n) is 14.2. The molecule has 4 nitrogen and oxygen atoms in total. The molecule has 3 aliphatic rings. The van der Waals surface area contributed by atoms with Gasteiger partial charge in [0.05, 0.1) is 23.2 Å². The molecule has 2 aliphatic carbocycles. The van der Waals surface area contributed by atoms with Gasteiger partial charge in [-0.25, -0.2) is 4.98 Å². The van der Waals surface area contributed by atoms with Crippen LogP contribution in [0.3, 0.4) is 0 Å². The van der Waals surface area contributed by atoms with Crippen LogP contribution in [0.2, 0.25) is 0 Å². The molecule has 1 aromatic heterocycles. The minimum absolute atomic E-state index is 0.198. The highest BCUT2D eigenvalue weighted by Gasteiger charge is 2.53. The average molecular weight is 529 g/mol. The summed E-state index contributed by atoms with van der Waals surface area (Å²) in [5.74, 6) is 1.58. The van der Waals surface area contributed by atoms with Gasteiger partial charge in [-0.15, -0.1) is 11.3 Å². The van der Waals surface area contributed by atoms with Crippen molar-refractivity contribution in [2.24, 2.45) is 0 Å². The molecule has 0 unspecified atom stereocenters. The Morgan fingerprint density at radius 1 is 0.921 bits per heavy atom. The summed E-state index contributed by atoms with van der Waals surface area (Å²) in [6.07, 6.45) is 6.32. The Balaban J connectivity index is 1.14. The summed E-state index contributed by atoms with van der Waals surface area (Å²) in [5.41, 5.74) is 6.56. The van der Waals surface area contributed by atoms with E-state index in [1.807, 2.05) is 12.1 Å². The molecule has 1 aliphatic heterocycles. The number of amides is 1. The first kappa shape index (κ1) is 25.6. The van der Waals surface area contributed by atoms with Crippen LogP contribution in [-0.2, 0) is 21.0 Å². The van der Waals surface area contributed by atoms with Crippen LogP contribution in [0.5, 0.6) is 5.75 Å². The Hall–Kier alpha value is -2.66. The summed E-state index contributed by atoms with van der Waals surface area (Å²) in [5, 5.41) is 3.46. The van der Waals surface area contributed by atoms with E-state index in [1.165, 1.54) is 34.5 Å². The van der Waals surface area contributed by atoms with Gasteiger partial charge in [0.25, 0.3) is 0 Å². The zero-order valence-electron chi connectivity index (χ0n) is 23.5. The second kappa shape index (κ2) is 9.22. The quantitative estimate of drug-likeness (QED) is 0.342. The molecule has 1 saturated heterocycles. The molecule has 2 fully saturated rings. The van der Waals surface area contributed by atoms with Crippen molar-refractivity contribution in [3.8, 4) is 17.0 Å². The van der Waals surface area contributed by atoms with Crippen molar-refractivity contribution < 1.29 is 9.53 Å². The highest BCUT2D eigenvalue weighted by Crippen LogP contribution is 2.51. The van der Waals surface area contributed by atoms with Crippen molar-refractivity contribution in [2.75, 3.05) is 20.2 Å². The van der Waals surface area contributed by atoms with Gasteiger partial charge in [-0.2, -0.15) is 0 Å². The van der Waals surface area contributed by atoms with E-state index in [4.69, 9.17) is 9.72 Å². The number of piperidine rings is 1. The highest BCUT2D eigenvalue weighted by atomic mass is 32.1. The predicted octanol–water partition coefficient (Wildman–Crippen LogP) is 7.61. The molecule has 200 valence electrons. The summed E-state index contributed by atoms with van der Waals surface area (Å²) in [7, 11) is 1.68. The molecule has 2 aromatic carbocycles. The van der Waals surface area contributed by atoms with Crippen LogP contribution in [0.1, 0.15) is 93.8 Å². The number of aromatic nitrogens is 1. The van der Waals surface area contributed by atoms with Gasteiger partial charge < -0.3 is 9.64 Å². The molecule has 5 heteroatoms. The number of methoxy groups -OCH3 is 1. The lowest BCUT2D eigenvalue weighted by Gasteiger charge is -2.42. The third-order valence-corrected chi connectivity index (χ3v) is 10.6. The number of hydrogen-bond acceptors (Lipinski definition) is 4. The second-order valence-corrected chi connectivity index (χ2v) is 13.9. The van der Waals surface area contributed by atoms with Gasteiger partial charge in [-0.05, 0) is 84.2 Å².